The first-order valence-corrected chi connectivity index (χ1v) is 8.74. The highest BCUT2D eigenvalue weighted by Gasteiger charge is 2.37. The van der Waals surface area contributed by atoms with Crippen LogP contribution in [-0.4, -0.2) is 40.6 Å². The molecule has 1 atom stereocenters. The van der Waals surface area contributed by atoms with Crippen molar-refractivity contribution in [3.05, 3.63) is 17.2 Å². The first-order valence-electron chi connectivity index (χ1n) is 8.74. The van der Waals surface area contributed by atoms with Gasteiger partial charge in [-0.15, -0.1) is 0 Å². The number of imidazole rings is 1. The maximum absolute atomic E-state index is 5.03. The maximum Gasteiger partial charge on any atom is 0.109 e. The Kier molecular flexibility index (Phi) is 3.54. The number of rotatable bonds is 3. The molecule has 1 N–H and O–H groups in total. The van der Waals surface area contributed by atoms with Crippen molar-refractivity contribution in [3.63, 3.8) is 0 Å². The topological polar surface area (TPSA) is 33.1 Å². The third kappa shape index (κ3) is 2.42. The molecule has 3 saturated heterocycles. The van der Waals surface area contributed by atoms with Crippen LogP contribution in [0, 0.1) is 11.8 Å². The van der Waals surface area contributed by atoms with Crippen molar-refractivity contribution in [2.24, 2.45) is 11.8 Å². The highest BCUT2D eigenvalue weighted by atomic mass is 15.2. The molecular formula is C17H28N4. The normalized spacial score (nSPS) is 31.7. The summed E-state index contributed by atoms with van der Waals surface area (Å²) < 4.78 is 2.69. The minimum absolute atomic E-state index is 0.682. The summed E-state index contributed by atoms with van der Waals surface area (Å²) in [7, 11) is 0. The lowest BCUT2D eigenvalue weighted by molar-refractivity contribution is 0.0541. The molecule has 1 unspecified atom stereocenters. The smallest absolute Gasteiger partial charge is 0.109 e. The monoisotopic (exact) mass is 288 g/mol. The van der Waals surface area contributed by atoms with Crippen LogP contribution in [0.4, 0.5) is 0 Å². The highest BCUT2D eigenvalue weighted by Crippen LogP contribution is 2.38. The second-order valence-electron chi connectivity index (χ2n) is 7.52. The van der Waals surface area contributed by atoms with E-state index in [1.807, 2.05) is 0 Å². The second kappa shape index (κ2) is 5.40. The fourth-order valence-corrected chi connectivity index (χ4v) is 4.52. The number of hydrogen-bond acceptors (Lipinski definition) is 3. The Balaban J connectivity index is 1.73. The van der Waals surface area contributed by atoms with E-state index in [4.69, 9.17) is 4.98 Å². The van der Waals surface area contributed by atoms with Crippen molar-refractivity contribution in [1.82, 2.24) is 19.8 Å². The summed E-state index contributed by atoms with van der Waals surface area (Å²) in [6, 6.07) is 0.690. The molecule has 1 aromatic rings. The van der Waals surface area contributed by atoms with Gasteiger partial charge in [-0.2, -0.15) is 0 Å². The molecule has 21 heavy (non-hydrogen) atoms. The van der Waals surface area contributed by atoms with Crippen LogP contribution < -0.4 is 5.32 Å². The van der Waals surface area contributed by atoms with Gasteiger partial charge in [-0.1, -0.05) is 13.8 Å². The Morgan fingerprint density at radius 1 is 1.29 bits per heavy atom. The molecule has 0 aromatic carbocycles. The van der Waals surface area contributed by atoms with Crippen LogP contribution in [0.15, 0.2) is 0 Å². The summed E-state index contributed by atoms with van der Waals surface area (Å²) in [5.41, 5.74) is 2.87. The summed E-state index contributed by atoms with van der Waals surface area (Å²) in [5, 5.41) is 3.49. The summed E-state index contributed by atoms with van der Waals surface area (Å²) in [6.07, 6.45) is 5.05. The fourth-order valence-electron chi connectivity index (χ4n) is 4.52. The Labute approximate surface area is 127 Å². The van der Waals surface area contributed by atoms with Crippen molar-refractivity contribution >= 4 is 0 Å². The molecule has 1 aromatic heterocycles. The molecule has 0 spiro atoms. The summed E-state index contributed by atoms with van der Waals surface area (Å²) in [4.78, 5) is 7.70. The van der Waals surface area contributed by atoms with Crippen LogP contribution in [-0.2, 0) is 19.4 Å². The zero-order chi connectivity index (χ0) is 14.4. The molecule has 3 fully saturated rings. The summed E-state index contributed by atoms with van der Waals surface area (Å²) >= 11 is 0. The number of fused-ring (bicyclic) bond motifs is 4. The van der Waals surface area contributed by atoms with E-state index in [-0.39, 0.29) is 0 Å². The largest absolute Gasteiger partial charge is 0.327 e. The number of piperidine rings is 3. The lowest BCUT2D eigenvalue weighted by atomic mass is 9.83. The lowest BCUT2D eigenvalue weighted by Crippen LogP contribution is -2.48. The van der Waals surface area contributed by atoms with Crippen molar-refractivity contribution in [3.8, 4) is 0 Å². The first-order chi connectivity index (χ1) is 10.2. The maximum atomic E-state index is 5.03. The van der Waals surface area contributed by atoms with E-state index in [1.165, 1.54) is 44.0 Å². The van der Waals surface area contributed by atoms with Gasteiger partial charge < -0.3 is 14.8 Å². The molecule has 0 aliphatic carbocycles. The van der Waals surface area contributed by atoms with Gasteiger partial charge in [-0.25, -0.2) is 4.98 Å². The standard InChI is InChI=1S/C17H28N4/c1-12(2)9-17-19-14-10-18-6-3-15(14)21(17)16-11-20-7-4-13(16)5-8-20/h12-13,16,18H,3-11H2,1-2H3. The van der Waals surface area contributed by atoms with Gasteiger partial charge >= 0.3 is 0 Å². The van der Waals surface area contributed by atoms with E-state index in [9.17, 15) is 0 Å². The number of nitrogens with one attached hydrogen (secondary N) is 1. The van der Waals surface area contributed by atoms with Crippen LogP contribution in [0.3, 0.4) is 0 Å². The zero-order valence-corrected chi connectivity index (χ0v) is 13.4. The Hall–Kier alpha value is -0.870. The van der Waals surface area contributed by atoms with Gasteiger partial charge in [0.25, 0.3) is 0 Å². The van der Waals surface area contributed by atoms with Gasteiger partial charge in [0.2, 0.25) is 0 Å². The minimum Gasteiger partial charge on any atom is -0.327 e. The van der Waals surface area contributed by atoms with Gasteiger partial charge in [-0.05, 0) is 37.8 Å². The average Bonchev–Trinajstić information content (AvgIpc) is 2.85. The van der Waals surface area contributed by atoms with Gasteiger partial charge in [0.05, 0.1) is 11.7 Å². The third-order valence-electron chi connectivity index (χ3n) is 5.54. The van der Waals surface area contributed by atoms with Gasteiger partial charge in [-0.3, -0.25) is 0 Å². The lowest BCUT2D eigenvalue weighted by Gasteiger charge is -2.46. The highest BCUT2D eigenvalue weighted by molar-refractivity contribution is 5.22. The molecule has 0 amide bonds. The Bertz CT molecular complexity index is 511. The van der Waals surface area contributed by atoms with Crippen LogP contribution in [0.5, 0.6) is 0 Å². The van der Waals surface area contributed by atoms with Crippen LogP contribution in [0.2, 0.25) is 0 Å². The van der Waals surface area contributed by atoms with Crippen molar-refractivity contribution < 1.29 is 0 Å². The SMILES string of the molecule is CC(C)Cc1nc2c(n1C1CN3CCC1CC3)CCNC2. The third-order valence-corrected chi connectivity index (χ3v) is 5.54. The van der Waals surface area contributed by atoms with Gasteiger partial charge in [0, 0.05) is 38.2 Å². The van der Waals surface area contributed by atoms with Crippen LogP contribution in [0.1, 0.15) is 49.9 Å². The molecule has 4 aliphatic heterocycles. The molecule has 0 saturated carbocycles. The van der Waals surface area contributed by atoms with Crippen molar-refractivity contribution in [2.45, 2.75) is 52.1 Å². The quantitative estimate of drug-likeness (QED) is 0.923. The first kappa shape index (κ1) is 13.8. The molecule has 4 heteroatoms. The van der Waals surface area contributed by atoms with E-state index >= 15 is 0 Å². The molecule has 0 radical (unpaired) electrons. The van der Waals surface area contributed by atoms with E-state index in [2.05, 4.69) is 28.6 Å². The summed E-state index contributed by atoms with van der Waals surface area (Å²) in [6.45, 7) is 10.6. The molecule has 5 heterocycles. The van der Waals surface area contributed by atoms with E-state index in [0.29, 0.717) is 12.0 Å². The van der Waals surface area contributed by atoms with Gasteiger partial charge in [0.15, 0.2) is 0 Å². The second-order valence-corrected chi connectivity index (χ2v) is 7.52. The zero-order valence-electron chi connectivity index (χ0n) is 13.4. The fraction of sp³-hybridized carbons (Fsp3) is 0.824. The van der Waals surface area contributed by atoms with Crippen LogP contribution >= 0.6 is 0 Å². The predicted molar refractivity (Wildman–Crippen MR) is 84.4 cm³/mol. The predicted octanol–water partition coefficient (Wildman–Crippen LogP) is 1.99. The molecule has 116 valence electrons. The van der Waals surface area contributed by atoms with Gasteiger partial charge in [0.1, 0.15) is 5.82 Å². The minimum atomic E-state index is 0.682. The molecule has 5 rings (SSSR count). The number of hydrogen-bond donors (Lipinski definition) is 1. The van der Waals surface area contributed by atoms with E-state index in [0.717, 1.165) is 31.8 Å². The summed E-state index contributed by atoms with van der Waals surface area (Å²) in [5.74, 6) is 2.92. The van der Waals surface area contributed by atoms with E-state index < -0.39 is 0 Å². The van der Waals surface area contributed by atoms with Crippen molar-refractivity contribution in [2.75, 3.05) is 26.2 Å². The number of nitrogens with zero attached hydrogens (tertiary/aromatic N) is 3. The molecule has 4 nitrogen and oxygen atoms in total. The molecular weight excluding hydrogens is 260 g/mol. The van der Waals surface area contributed by atoms with Crippen LogP contribution in [0.25, 0.3) is 0 Å². The number of aromatic nitrogens is 2. The average molecular weight is 288 g/mol. The Morgan fingerprint density at radius 3 is 2.76 bits per heavy atom. The van der Waals surface area contributed by atoms with E-state index in [1.54, 1.807) is 5.69 Å². The molecule has 2 bridgehead atoms. The molecule has 4 aliphatic rings. The Morgan fingerprint density at radius 2 is 2.10 bits per heavy atom. The van der Waals surface area contributed by atoms with Crippen molar-refractivity contribution in [1.29, 1.82) is 0 Å².